The number of rotatable bonds is 6. The maximum atomic E-state index is 12.5. The number of hydrogen-bond donors (Lipinski definition) is 0. The van der Waals surface area contributed by atoms with Gasteiger partial charge < -0.3 is 9.16 Å². The van der Waals surface area contributed by atoms with Gasteiger partial charge in [-0.1, -0.05) is 66.3 Å². The van der Waals surface area contributed by atoms with Gasteiger partial charge in [0.1, 0.15) is 12.0 Å². The van der Waals surface area contributed by atoms with Gasteiger partial charge >= 0.3 is 5.97 Å². The summed E-state index contributed by atoms with van der Waals surface area (Å²) in [6.45, 7) is 27.0. The van der Waals surface area contributed by atoms with Gasteiger partial charge in [-0.15, -0.1) is 11.6 Å². The molecule has 3 nitrogen and oxygen atoms in total. The highest BCUT2D eigenvalue weighted by molar-refractivity contribution is 6.74. The summed E-state index contributed by atoms with van der Waals surface area (Å²) in [5.41, 5.74) is 0.900. The van der Waals surface area contributed by atoms with Crippen LogP contribution in [0, 0.1) is 34.5 Å². The van der Waals surface area contributed by atoms with Crippen LogP contribution in [-0.2, 0) is 14.0 Å². The molecule has 0 aliphatic heterocycles. The molecule has 3 aliphatic carbocycles. The number of allylic oxidation sites excluding steroid dienone is 4. The minimum absolute atomic E-state index is 0.0810. The van der Waals surface area contributed by atoms with Crippen LogP contribution in [0.4, 0.5) is 0 Å². The Morgan fingerprint density at radius 3 is 2.52 bits per heavy atom. The standard InChI is InChI=1S/C28H45ClO3Si/c1-11-18(2)21-16-23(31-24(30)17-29)27(8)19(3)12-14-28(20(21)4)15-13-22(25(27)28)32-33(9,10)26(5,6)7/h11,13,19-21,23,25H,1-2,12,14-17H2,3-10H3/t19?,20-,21-,23+,25-,27-,28-/m0/s1. The van der Waals surface area contributed by atoms with E-state index in [1.54, 1.807) is 0 Å². The van der Waals surface area contributed by atoms with Gasteiger partial charge in [-0.25, -0.2) is 0 Å². The highest BCUT2D eigenvalue weighted by atomic mass is 35.5. The van der Waals surface area contributed by atoms with E-state index in [-0.39, 0.29) is 45.7 Å². The van der Waals surface area contributed by atoms with Crippen LogP contribution < -0.4 is 0 Å². The maximum Gasteiger partial charge on any atom is 0.321 e. The highest BCUT2D eigenvalue weighted by Gasteiger charge is 2.67. The molecule has 0 heterocycles. The van der Waals surface area contributed by atoms with Crippen LogP contribution in [0.15, 0.2) is 36.6 Å². The van der Waals surface area contributed by atoms with Crippen LogP contribution in [-0.4, -0.2) is 26.3 Å². The fourth-order valence-electron chi connectivity index (χ4n) is 6.87. The molecule has 3 rings (SSSR count). The van der Waals surface area contributed by atoms with Gasteiger partial charge in [-0.3, -0.25) is 4.79 Å². The molecular formula is C28H45ClO3Si. The van der Waals surface area contributed by atoms with Crippen molar-refractivity contribution in [1.82, 2.24) is 0 Å². The summed E-state index contributed by atoms with van der Waals surface area (Å²) < 4.78 is 13.3. The summed E-state index contributed by atoms with van der Waals surface area (Å²) in [6, 6.07) is 0. The normalized spacial score (nSPS) is 38.6. The van der Waals surface area contributed by atoms with Gasteiger partial charge in [0, 0.05) is 11.3 Å². The van der Waals surface area contributed by atoms with Crippen molar-refractivity contribution in [2.45, 2.75) is 91.5 Å². The minimum Gasteiger partial charge on any atom is -0.547 e. The van der Waals surface area contributed by atoms with Crippen molar-refractivity contribution in [1.29, 1.82) is 0 Å². The van der Waals surface area contributed by atoms with Gasteiger partial charge in [0.25, 0.3) is 0 Å². The summed E-state index contributed by atoms with van der Waals surface area (Å²) in [7, 11) is -2.03. The first-order valence-electron chi connectivity index (χ1n) is 12.6. The fourth-order valence-corrected chi connectivity index (χ4v) is 8.03. The molecule has 2 fully saturated rings. The van der Waals surface area contributed by atoms with Crippen LogP contribution in [0.2, 0.25) is 18.1 Å². The van der Waals surface area contributed by atoms with E-state index < -0.39 is 8.32 Å². The van der Waals surface area contributed by atoms with E-state index >= 15 is 0 Å². The van der Waals surface area contributed by atoms with Crippen molar-refractivity contribution in [2.24, 2.45) is 34.5 Å². The van der Waals surface area contributed by atoms with Gasteiger partial charge in [0.15, 0.2) is 0 Å². The number of carbonyl (C=O) groups excluding carboxylic acids is 1. The Balaban J connectivity index is 2.17. The second kappa shape index (κ2) is 8.89. The van der Waals surface area contributed by atoms with Crippen molar-refractivity contribution in [2.75, 3.05) is 5.88 Å². The largest absolute Gasteiger partial charge is 0.547 e. The molecule has 0 amide bonds. The average Bonchev–Trinajstić information content (AvgIpc) is 3.09. The second-order valence-corrected chi connectivity index (χ2v) is 17.7. The lowest BCUT2D eigenvalue weighted by Crippen LogP contribution is -2.55. The van der Waals surface area contributed by atoms with Crippen molar-refractivity contribution < 1.29 is 14.0 Å². The van der Waals surface area contributed by atoms with E-state index in [1.165, 1.54) is 0 Å². The lowest BCUT2D eigenvalue weighted by atomic mass is 9.48. The molecule has 0 aromatic rings. The molecule has 0 saturated heterocycles. The molecule has 0 radical (unpaired) electrons. The maximum absolute atomic E-state index is 12.5. The van der Waals surface area contributed by atoms with E-state index in [4.69, 9.17) is 20.8 Å². The van der Waals surface area contributed by atoms with Crippen LogP contribution in [0.3, 0.4) is 0 Å². The first kappa shape index (κ1) is 26.6. The summed E-state index contributed by atoms with van der Waals surface area (Å²) in [5, 5.41) is 0.117. The van der Waals surface area contributed by atoms with Crippen molar-refractivity contribution in [3.8, 4) is 0 Å². The summed E-state index contributed by atoms with van der Waals surface area (Å²) in [4.78, 5) is 12.5. The Morgan fingerprint density at radius 1 is 1.33 bits per heavy atom. The van der Waals surface area contributed by atoms with E-state index in [9.17, 15) is 4.79 Å². The van der Waals surface area contributed by atoms with Gasteiger partial charge in [-0.2, -0.15) is 0 Å². The van der Waals surface area contributed by atoms with Crippen LogP contribution >= 0.6 is 11.6 Å². The molecule has 3 aliphatic rings. The fraction of sp³-hybridized carbons (Fsp3) is 0.750. The number of hydrogen-bond acceptors (Lipinski definition) is 3. The third-order valence-corrected chi connectivity index (χ3v) is 14.8. The summed E-state index contributed by atoms with van der Waals surface area (Å²) in [6.07, 6.45) is 8.11. The molecule has 5 heteroatoms. The van der Waals surface area contributed by atoms with Crippen molar-refractivity contribution in [3.05, 3.63) is 36.6 Å². The first-order chi connectivity index (χ1) is 15.2. The Morgan fingerprint density at radius 2 is 1.97 bits per heavy atom. The number of ether oxygens (including phenoxy) is 1. The highest BCUT2D eigenvalue weighted by Crippen LogP contribution is 2.70. The van der Waals surface area contributed by atoms with E-state index in [0.717, 1.165) is 37.0 Å². The molecule has 0 aromatic heterocycles. The number of carbonyl (C=O) groups is 1. The lowest BCUT2D eigenvalue weighted by Gasteiger charge is -2.57. The molecule has 0 aromatic carbocycles. The van der Waals surface area contributed by atoms with Crippen LogP contribution in [0.25, 0.3) is 0 Å². The smallest absolute Gasteiger partial charge is 0.321 e. The zero-order valence-electron chi connectivity index (χ0n) is 22.1. The topological polar surface area (TPSA) is 35.5 Å². The summed E-state index contributed by atoms with van der Waals surface area (Å²) in [5.74, 6) is 1.91. The van der Waals surface area contributed by atoms with Gasteiger partial charge in [0.2, 0.25) is 8.32 Å². The second-order valence-electron chi connectivity index (χ2n) is 12.7. The molecule has 33 heavy (non-hydrogen) atoms. The monoisotopic (exact) mass is 492 g/mol. The van der Waals surface area contributed by atoms with Crippen molar-refractivity contribution >= 4 is 25.9 Å². The zero-order valence-corrected chi connectivity index (χ0v) is 23.8. The molecular weight excluding hydrogens is 448 g/mol. The van der Waals surface area contributed by atoms with E-state index in [2.05, 4.69) is 73.9 Å². The third kappa shape index (κ3) is 4.18. The molecule has 2 bridgehead atoms. The Labute approximate surface area is 208 Å². The SMILES string of the molecule is C=CC(=C)[C@@H]1C[C@@H](OC(=O)CCl)[C@]2(C)C(C)CC[C@]3(CC=C(O[Si](C)(C)C(C)(C)C)[C@H]32)[C@H]1C. The van der Waals surface area contributed by atoms with Crippen molar-refractivity contribution in [3.63, 3.8) is 0 Å². The zero-order chi connectivity index (χ0) is 25.0. The average molecular weight is 493 g/mol. The lowest BCUT2D eigenvalue weighted by molar-refractivity contribution is -0.168. The number of halogens is 1. The minimum atomic E-state index is -2.03. The Hall–Kier alpha value is -1.00. The molecule has 0 spiro atoms. The van der Waals surface area contributed by atoms with Crippen LogP contribution in [0.5, 0.6) is 0 Å². The van der Waals surface area contributed by atoms with Gasteiger partial charge in [0.05, 0.1) is 5.76 Å². The third-order valence-electron chi connectivity index (χ3n) is 10.2. The van der Waals surface area contributed by atoms with E-state index in [1.807, 2.05) is 6.08 Å². The summed E-state index contributed by atoms with van der Waals surface area (Å²) >= 11 is 5.92. The first-order valence-corrected chi connectivity index (χ1v) is 16.1. The molecule has 0 N–H and O–H groups in total. The van der Waals surface area contributed by atoms with E-state index in [0.29, 0.717) is 11.8 Å². The Kier molecular flexibility index (Phi) is 7.17. The number of esters is 1. The number of alkyl halides is 1. The molecule has 186 valence electrons. The van der Waals surface area contributed by atoms with Crippen LogP contribution in [0.1, 0.15) is 67.2 Å². The van der Waals surface area contributed by atoms with Gasteiger partial charge in [-0.05, 0) is 73.1 Å². The molecule has 7 atom stereocenters. The Bertz CT molecular complexity index is 841. The molecule has 2 saturated carbocycles. The predicted molar refractivity (Wildman–Crippen MR) is 141 cm³/mol. The molecule has 1 unspecified atom stereocenters. The quantitative estimate of drug-likeness (QED) is 0.164. The predicted octanol–water partition coefficient (Wildman–Crippen LogP) is 7.88.